The van der Waals surface area contributed by atoms with E-state index >= 15 is 0 Å². The summed E-state index contributed by atoms with van der Waals surface area (Å²) in [7, 11) is 0. The zero-order chi connectivity index (χ0) is 22.3. The average Bonchev–Trinajstić information content (AvgIpc) is 2.83. The lowest BCUT2D eigenvalue weighted by Crippen LogP contribution is -2.29. The second kappa shape index (κ2) is 10.2. The van der Waals surface area contributed by atoms with E-state index in [1.54, 1.807) is 12.1 Å². The first-order chi connectivity index (χ1) is 15.6. The van der Waals surface area contributed by atoms with Crippen molar-refractivity contribution in [2.45, 2.75) is 19.6 Å². The quantitative estimate of drug-likeness (QED) is 0.344. The van der Waals surface area contributed by atoms with Crippen molar-refractivity contribution in [1.29, 1.82) is 0 Å². The maximum Gasteiger partial charge on any atom is 0.252 e. The van der Waals surface area contributed by atoms with Crippen LogP contribution < -0.4 is 10.1 Å². The molecule has 0 aromatic heterocycles. The van der Waals surface area contributed by atoms with Crippen LogP contribution in [0.4, 0.5) is 0 Å². The Hall–Kier alpha value is -3.56. The highest BCUT2D eigenvalue weighted by Crippen LogP contribution is 2.24. The lowest BCUT2D eigenvalue weighted by molar-refractivity contribution is 0.0942. The molecule has 4 aromatic carbocycles. The number of carbonyl (C=O) groups is 1. The molecule has 3 nitrogen and oxygen atoms in total. The third-order valence-corrected chi connectivity index (χ3v) is 5.64. The molecule has 4 aromatic rings. The van der Waals surface area contributed by atoms with E-state index in [0.717, 1.165) is 16.7 Å². The van der Waals surface area contributed by atoms with Crippen molar-refractivity contribution in [3.63, 3.8) is 0 Å². The summed E-state index contributed by atoms with van der Waals surface area (Å²) in [5.41, 5.74) is 4.66. The Balaban J connectivity index is 1.53. The lowest BCUT2D eigenvalue weighted by Gasteiger charge is -2.20. The van der Waals surface area contributed by atoms with Crippen LogP contribution in [0.15, 0.2) is 103 Å². The predicted molar refractivity (Wildman–Crippen MR) is 129 cm³/mol. The van der Waals surface area contributed by atoms with Crippen LogP contribution in [0.25, 0.3) is 0 Å². The molecular formula is C28H24ClNO2. The molecule has 0 saturated carbocycles. The fourth-order valence-electron chi connectivity index (χ4n) is 3.48. The average molecular weight is 442 g/mol. The SMILES string of the molecule is Cc1ccc([C@H](NC(=O)c2cccc(OCc3ccccc3Cl)c2)c2ccccc2)cc1. The minimum Gasteiger partial charge on any atom is -0.489 e. The molecule has 0 aliphatic rings. The zero-order valence-electron chi connectivity index (χ0n) is 17.8. The maximum absolute atomic E-state index is 13.2. The Labute approximate surface area is 193 Å². The van der Waals surface area contributed by atoms with Gasteiger partial charge in [-0.2, -0.15) is 0 Å². The van der Waals surface area contributed by atoms with Gasteiger partial charge in [-0.1, -0.05) is 96.0 Å². The molecule has 0 aliphatic carbocycles. The van der Waals surface area contributed by atoms with E-state index in [0.29, 0.717) is 22.9 Å². The number of aryl methyl sites for hydroxylation is 1. The van der Waals surface area contributed by atoms with Crippen molar-refractivity contribution < 1.29 is 9.53 Å². The Morgan fingerprint density at radius 3 is 2.28 bits per heavy atom. The van der Waals surface area contributed by atoms with Crippen molar-refractivity contribution in [2.24, 2.45) is 0 Å². The van der Waals surface area contributed by atoms with Gasteiger partial charge in [0.25, 0.3) is 5.91 Å². The Morgan fingerprint density at radius 2 is 1.53 bits per heavy atom. The number of ether oxygens (including phenoxy) is 1. The minimum absolute atomic E-state index is 0.164. The van der Waals surface area contributed by atoms with E-state index < -0.39 is 0 Å². The fourth-order valence-corrected chi connectivity index (χ4v) is 3.67. The van der Waals surface area contributed by atoms with Crippen LogP contribution in [-0.2, 0) is 6.61 Å². The van der Waals surface area contributed by atoms with Crippen LogP contribution in [0.2, 0.25) is 5.02 Å². The molecule has 0 unspecified atom stereocenters. The second-order valence-corrected chi connectivity index (χ2v) is 8.04. The van der Waals surface area contributed by atoms with Gasteiger partial charge in [-0.05, 0) is 42.3 Å². The standard InChI is InChI=1S/C28H24ClNO2/c1-20-14-16-22(17-15-20)27(21-8-3-2-4-9-21)30-28(31)23-11-7-12-25(18-23)32-19-24-10-5-6-13-26(24)29/h2-18,27H,19H2,1H3,(H,30,31)/t27-/m1/s1. The molecule has 1 N–H and O–H groups in total. The van der Waals surface area contributed by atoms with Gasteiger partial charge >= 0.3 is 0 Å². The summed E-state index contributed by atoms with van der Waals surface area (Å²) in [5.74, 6) is 0.451. The fraction of sp³-hybridized carbons (Fsp3) is 0.107. The number of hydrogen-bond donors (Lipinski definition) is 1. The van der Waals surface area contributed by atoms with Gasteiger partial charge in [-0.25, -0.2) is 0 Å². The molecule has 160 valence electrons. The first-order valence-corrected chi connectivity index (χ1v) is 10.9. The van der Waals surface area contributed by atoms with Gasteiger partial charge in [0.1, 0.15) is 12.4 Å². The van der Waals surface area contributed by atoms with Crippen molar-refractivity contribution in [2.75, 3.05) is 0 Å². The molecule has 1 amide bonds. The Kier molecular flexibility index (Phi) is 6.88. The van der Waals surface area contributed by atoms with Gasteiger partial charge in [-0.3, -0.25) is 4.79 Å². The van der Waals surface area contributed by atoms with Crippen molar-refractivity contribution in [1.82, 2.24) is 5.32 Å². The first kappa shape index (κ1) is 21.7. The Morgan fingerprint density at radius 1 is 0.844 bits per heavy atom. The van der Waals surface area contributed by atoms with Gasteiger partial charge in [-0.15, -0.1) is 0 Å². The smallest absolute Gasteiger partial charge is 0.252 e. The van der Waals surface area contributed by atoms with Crippen molar-refractivity contribution in [3.8, 4) is 5.75 Å². The number of nitrogens with one attached hydrogen (secondary N) is 1. The van der Waals surface area contributed by atoms with E-state index in [-0.39, 0.29) is 11.9 Å². The molecule has 0 heterocycles. The van der Waals surface area contributed by atoms with Gasteiger partial charge in [0, 0.05) is 16.1 Å². The molecule has 4 heteroatoms. The summed E-state index contributed by atoms with van der Waals surface area (Å²) in [6, 6.07) is 32.7. The van der Waals surface area contributed by atoms with Crippen LogP contribution >= 0.6 is 11.6 Å². The number of carbonyl (C=O) groups excluding carboxylic acids is 1. The number of hydrogen-bond acceptors (Lipinski definition) is 2. The molecule has 4 rings (SSSR count). The molecule has 0 bridgehead atoms. The molecule has 0 aliphatic heterocycles. The van der Waals surface area contributed by atoms with Crippen molar-refractivity contribution in [3.05, 3.63) is 136 Å². The third-order valence-electron chi connectivity index (χ3n) is 5.27. The molecule has 0 spiro atoms. The number of rotatable bonds is 7. The summed E-state index contributed by atoms with van der Waals surface area (Å²) in [5, 5.41) is 3.84. The van der Waals surface area contributed by atoms with Gasteiger partial charge in [0.15, 0.2) is 0 Å². The van der Waals surface area contributed by atoms with Crippen LogP contribution in [0.1, 0.15) is 38.7 Å². The summed E-state index contributed by atoms with van der Waals surface area (Å²) in [4.78, 5) is 13.2. The molecule has 0 radical (unpaired) electrons. The zero-order valence-corrected chi connectivity index (χ0v) is 18.5. The normalized spacial score (nSPS) is 11.6. The molecule has 32 heavy (non-hydrogen) atoms. The number of halogens is 1. The van der Waals surface area contributed by atoms with Gasteiger partial charge < -0.3 is 10.1 Å². The van der Waals surface area contributed by atoms with Crippen LogP contribution in [-0.4, -0.2) is 5.91 Å². The predicted octanol–water partition coefficient (Wildman–Crippen LogP) is 6.75. The highest BCUT2D eigenvalue weighted by Gasteiger charge is 2.18. The van der Waals surface area contributed by atoms with Gasteiger partial charge in [0.2, 0.25) is 0 Å². The lowest BCUT2D eigenvalue weighted by atomic mass is 9.97. The summed E-state index contributed by atoms with van der Waals surface area (Å²) in [6.45, 7) is 2.38. The molecule has 0 saturated heterocycles. The monoisotopic (exact) mass is 441 g/mol. The largest absolute Gasteiger partial charge is 0.489 e. The van der Waals surface area contributed by atoms with E-state index in [1.165, 1.54) is 5.56 Å². The minimum atomic E-state index is -0.253. The molecule has 1 atom stereocenters. The van der Waals surface area contributed by atoms with Crippen LogP contribution in [0, 0.1) is 6.92 Å². The van der Waals surface area contributed by atoms with Crippen LogP contribution in [0.3, 0.4) is 0 Å². The van der Waals surface area contributed by atoms with E-state index in [1.807, 2.05) is 73.7 Å². The van der Waals surface area contributed by atoms with Crippen LogP contribution in [0.5, 0.6) is 5.75 Å². The number of benzene rings is 4. The topological polar surface area (TPSA) is 38.3 Å². The maximum atomic E-state index is 13.2. The molecular weight excluding hydrogens is 418 g/mol. The number of amides is 1. The molecule has 0 fully saturated rings. The van der Waals surface area contributed by atoms with Gasteiger partial charge in [0.05, 0.1) is 6.04 Å². The van der Waals surface area contributed by atoms with E-state index in [2.05, 4.69) is 29.6 Å². The third kappa shape index (κ3) is 5.37. The first-order valence-electron chi connectivity index (χ1n) is 10.5. The second-order valence-electron chi connectivity index (χ2n) is 7.64. The van der Waals surface area contributed by atoms with Crippen molar-refractivity contribution >= 4 is 17.5 Å². The highest BCUT2D eigenvalue weighted by molar-refractivity contribution is 6.31. The summed E-state index contributed by atoms with van der Waals surface area (Å²) < 4.78 is 5.89. The summed E-state index contributed by atoms with van der Waals surface area (Å²) >= 11 is 6.21. The Bertz CT molecular complexity index is 1190. The highest BCUT2D eigenvalue weighted by atomic mass is 35.5. The van der Waals surface area contributed by atoms with E-state index in [9.17, 15) is 4.79 Å². The van der Waals surface area contributed by atoms with E-state index in [4.69, 9.17) is 16.3 Å². The summed E-state index contributed by atoms with van der Waals surface area (Å²) in [6.07, 6.45) is 0.